The summed E-state index contributed by atoms with van der Waals surface area (Å²) in [6, 6.07) is 13.3. The predicted octanol–water partition coefficient (Wildman–Crippen LogP) is 3.22. The molecule has 0 aliphatic heterocycles. The summed E-state index contributed by atoms with van der Waals surface area (Å²) in [4.78, 5) is 12.0. The Morgan fingerprint density at radius 2 is 2.09 bits per heavy atom. The Morgan fingerprint density at radius 3 is 2.86 bits per heavy atom. The maximum atomic E-state index is 12.0. The number of hydrogen-bond donors (Lipinski definition) is 1. The lowest BCUT2D eigenvalue weighted by molar-refractivity contribution is 0.0945. The molecule has 22 heavy (non-hydrogen) atoms. The van der Waals surface area contributed by atoms with Crippen molar-refractivity contribution in [1.82, 2.24) is 10.5 Å². The van der Waals surface area contributed by atoms with Crippen molar-refractivity contribution in [3.8, 4) is 11.5 Å². The first-order chi connectivity index (χ1) is 10.7. The Labute approximate surface area is 127 Å². The van der Waals surface area contributed by atoms with Gasteiger partial charge in [-0.05, 0) is 31.0 Å². The fourth-order valence-corrected chi connectivity index (χ4v) is 2.20. The highest BCUT2D eigenvalue weighted by Crippen LogP contribution is 2.20. The Hall–Kier alpha value is -2.82. The van der Waals surface area contributed by atoms with Crippen molar-refractivity contribution in [2.24, 2.45) is 0 Å². The zero-order valence-corrected chi connectivity index (χ0v) is 12.2. The summed E-state index contributed by atoms with van der Waals surface area (Å²) in [5.41, 5.74) is 2.65. The van der Waals surface area contributed by atoms with Crippen LogP contribution in [0.3, 0.4) is 0 Å². The fraction of sp³-hybridized carbons (Fsp3) is 0.176. The van der Waals surface area contributed by atoms with Gasteiger partial charge >= 0.3 is 0 Å². The van der Waals surface area contributed by atoms with Crippen LogP contribution < -0.4 is 5.32 Å². The van der Waals surface area contributed by atoms with Gasteiger partial charge < -0.3 is 14.3 Å². The van der Waals surface area contributed by atoms with Gasteiger partial charge in [-0.2, -0.15) is 0 Å². The van der Waals surface area contributed by atoms with Gasteiger partial charge in [0.15, 0.2) is 11.5 Å². The van der Waals surface area contributed by atoms with E-state index in [0.717, 1.165) is 6.42 Å². The molecule has 3 rings (SSSR count). The van der Waals surface area contributed by atoms with Gasteiger partial charge in [0.05, 0.1) is 6.26 Å². The van der Waals surface area contributed by atoms with Crippen LogP contribution in [0.15, 0.2) is 57.7 Å². The molecule has 0 saturated heterocycles. The van der Waals surface area contributed by atoms with Gasteiger partial charge in [-0.3, -0.25) is 4.79 Å². The third kappa shape index (κ3) is 3.25. The van der Waals surface area contributed by atoms with E-state index in [1.165, 1.54) is 11.1 Å². The van der Waals surface area contributed by atoms with Crippen molar-refractivity contribution in [2.45, 2.75) is 13.3 Å². The van der Waals surface area contributed by atoms with E-state index in [1.54, 1.807) is 24.5 Å². The normalized spacial score (nSPS) is 10.6. The molecule has 0 fully saturated rings. The van der Waals surface area contributed by atoms with E-state index < -0.39 is 0 Å². The summed E-state index contributed by atoms with van der Waals surface area (Å²) < 4.78 is 10.3. The van der Waals surface area contributed by atoms with Crippen molar-refractivity contribution >= 4 is 5.91 Å². The molecular formula is C17H16N2O3. The third-order valence-electron chi connectivity index (χ3n) is 3.29. The van der Waals surface area contributed by atoms with Gasteiger partial charge in [-0.1, -0.05) is 35.0 Å². The number of nitrogens with zero attached hydrogens (tertiary/aromatic N) is 1. The highest BCUT2D eigenvalue weighted by molar-refractivity contribution is 5.92. The van der Waals surface area contributed by atoms with E-state index in [9.17, 15) is 4.79 Å². The summed E-state index contributed by atoms with van der Waals surface area (Å²) in [5.74, 6) is 0.731. The second kappa shape index (κ2) is 6.30. The number of nitrogens with one attached hydrogen (secondary N) is 1. The molecule has 0 saturated carbocycles. The minimum Gasteiger partial charge on any atom is -0.461 e. The zero-order valence-electron chi connectivity index (χ0n) is 12.2. The molecule has 0 bridgehead atoms. The number of carbonyl (C=O) groups is 1. The molecule has 2 heterocycles. The second-order valence-electron chi connectivity index (χ2n) is 5.05. The standard InChI is InChI=1S/C17H16N2O3/c1-12-4-2-5-13(10-12)7-8-18-17(20)14-11-16(22-19-14)15-6-3-9-21-15/h2-6,9-11H,7-8H2,1H3,(H,18,20). The van der Waals surface area contributed by atoms with Crippen molar-refractivity contribution in [3.63, 3.8) is 0 Å². The van der Waals surface area contributed by atoms with Gasteiger partial charge in [-0.25, -0.2) is 0 Å². The molecule has 2 aromatic heterocycles. The van der Waals surface area contributed by atoms with Crippen LogP contribution in [0, 0.1) is 6.92 Å². The first-order valence-electron chi connectivity index (χ1n) is 7.07. The summed E-state index contributed by atoms with van der Waals surface area (Å²) in [5, 5.41) is 6.60. The lowest BCUT2D eigenvalue weighted by atomic mass is 10.1. The van der Waals surface area contributed by atoms with Crippen LogP contribution in [0.2, 0.25) is 0 Å². The van der Waals surface area contributed by atoms with Crippen LogP contribution in [0.5, 0.6) is 0 Å². The maximum Gasteiger partial charge on any atom is 0.273 e. The number of hydrogen-bond acceptors (Lipinski definition) is 4. The van der Waals surface area contributed by atoms with Crippen LogP contribution in [0.25, 0.3) is 11.5 Å². The van der Waals surface area contributed by atoms with Crippen molar-refractivity contribution in [3.05, 3.63) is 65.5 Å². The molecule has 0 radical (unpaired) electrons. The molecule has 0 atom stereocenters. The van der Waals surface area contributed by atoms with E-state index in [2.05, 4.69) is 16.5 Å². The van der Waals surface area contributed by atoms with E-state index in [4.69, 9.17) is 8.94 Å². The van der Waals surface area contributed by atoms with Crippen LogP contribution in [0.4, 0.5) is 0 Å². The molecule has 1 amide bonds. The average molecular weight is 296 g/mol. The van der Waals surface area contributed by atoms with Crippen molar-refractivity contribution < 1.29 is 13.7 Å². The topological polar surface area (TPSA) is 68.3 Å². The molecule has 3 aromatic rings. The molecule has 0 aliphatic carbocycles. The summed E-state index contributed by atoms with van der Waals surface area (Å²) in [7, 11) is 0. The summed E-state index contributed by atoms with van der Waals surface area (Å²) >= 11 is 0. The number of amides is 1. The third-order valence-corrected chi connectivity index (χ3v) is 3.29. The smallest absolute Gasteiger partial charge is 0.273 e. The predicted molar refractivity (Wildman–Crippen MR) is 81.4 cm³/mol. The van der Waals surface area contributed by atoms with Crippen molar-refractivity contribution in [1.29, 1.82) is 0 Å². The number of aryl methyl sites for hydroxylation is 1. The molecule has 1 aromatic carbocycles. The summed E-state index contributed by atoms with van der Waals surface area (Å²) in [6.45, 7) is 2.60. The minimum atomic E-state index is -0.255. The Balaban J connectivity index is 1.56. The lowest BCUT2D eigenvalue weighted by Crippen LogP contribution is -2.25. The number of benzene rings is 1. The molecule has 0 unspecified atom stereocenters. The number of furan rings is 1. The van der Waals surface area contributed by atoms with Crippen molar-refractivity contribution in [2.75, 3.05) is 6.54 Å². The molecule has 1 N–H and O–H groups in total. The largest absolute Gasteiger partial charge is 0.461 e. The van der Waals surface area contributed by atoms with Crippen LogP contribution in [-0.2, 0) is 6.42 Å². The Kier molecular flexibility index (Phi) is 4.05. The van der Waals surface area contributed by atoms with Crippen LogP contribution in [-0.4, -0.2) is 17.6 Å². The summed E-state index contributed by atoms with van der Waals surface area (Å²) in [6.07, 6.45) is 2.32. The first-order valence-corrected chi connectivity index (χ1v) is 7.07. The minimum absolute atomic E-state index is 0.246. The highest BCUT2D eigenvalue weighted by atomic mass is 16.5. The molecule has 0 aliphatic rings. The van der Waals surface area contributed by atoms with E-state index >= 15 is 0 Å². The molecule has 5 heteroatoms. The number of rotatable bonds is 5. The van der Waals surface area contributed by atoms with Gasteiger partial charge in [0.25, 0.3) is 5.91 Å². The zero-order chi connectivity index (χ0) is 15.4. The maximum absolute atomic E-state index is 12.0. The number of carbonyl (C=O) groups excluding carboxylic acids is 1. The highest BCUT2D eigenvalue weighted by Gasteiger charge is 2.14. The van der Waals surface area contributed by atoms with E-state index in [1.807, 2.05) is 25.1 Å². The monoisotopic (exact) mass is 296 g/mol. The van der Waals surface area contributed by atoms with Crippen LogP contribution in [0.1, 0.15) is 21.6 Å². The van der Waals surface area contributed by atoms with Crippen LogP contribution >= 0.6 is 0 Å². The molecular weight excluding hydrogens is 280 g/mol. The van der Waals surface area contributed by atoms with Gasteiger partial charge in [0.2, 0.25) is 5.76 Å². The first kappa shape index (κ1) is 14.1. The quantitative estimate of drug-likeness (QED) is 0.785. The average Bonchev–Trinajstić information content (AvgIpc) is 3.18. The Bertz CT molecular complexity index is 760. The molecule has 112 valence electrons. The SMILES string of the molecule is Cc1cccc(CCNC(=O)c2cc(-c3ccco3)on2)c1. The van der Waals surface area contributed by atoms with Gasteiger partial charge in [-0.15, -0.1) is 0 Å². The Morgan fingerprint density at radius 1 is 1.18 bits per heavy atom. The van der Waals surface area contributed by atoms with Gasteiger partial charge in [0.1, 0.15) is 0 Å². The molecule has 5 nitrogen and oxygen atoms in total. The fourth-order valence-electron chi connectivity index (χ4n) is 2.20. The van der Waals surface area contributed by atoms with Gasteiger partial charge in [0, 0.05) is 12.6 Å². The second-order valence-corrected chi connectivity index (χ2v) is 5.05. The lowest BCUT2D eigenvalue weighted by Gasteiger charge is -2.04. The van der Waals surface area contributed by atoms with E-state index in [0.29, 0.717) is 18.1 Å². The van der Waals surface area contributed by atoms with E-state index in [-0.39, 0.29) is 11.6 Å². The molecule has 0 spiro atoms. The number of aromatic nitrogens is 1.